The first-order valence-corrected chi connectivity index (χ1v) is 8.64. The van der Waals surface area contributed by atoms with Gasteiger partial charge in [0, 0.05) is 39.3 Å². The molecule has 1 N–H and O–H groups in total. The van der Waals surface area contributed by atoms with Crippen LogP contribution in [0.3, 0.4) is 0 Å². The fourth-order valence-corrected chi connectivity index (χ4v) is 3.03. The number of amides is 1. The first-order valence-electron chi connectivity index (χ1n) is 7.88. The number of piperazine rings is 1. The van der Waals surface area contributed by atoms with Gasteiger partial charge < -0.3 is 10.1 Å². The maximum Gasteiger partial charge on any atom is 0.234 e. The molecule has 1 aliphatic rings. The van der Waals surface area contributed by atoms with Crippen LogP contribution in [0.15, 0.2) is 18.2 Å². The second-order valence-electron chi connectivity index (χ2n) is 5.47. The molecule has 1 aromatic rings. The predicted molar refractivity (Wildman–Crippen MR) is 93.5 cm³/mol. The molecule has 7 heteroatoms. The molecule has 0 unspecified atom stereocenters. The van der Waals surface area contributed by atoms with Gasteiger partial charge in [-0.25, -0.2) is 0 Å². The maximum atomic E-state index is 11.6. The van der Waals surface area contributed by atoms with E-state index in [0.29, 0.717) is 35.5 Å². The van der Waals surface area contributed by atoms with Crippen molar-refractivity contribution >= 4 is 29.1 Å². The third-order valence-electron chi connectivity index (χ3n) is 3.78. The second-order valence-corrected chi connectivity index (χ2v) is 6.28. The van der Waals surface area contributed by atoms with Crippen LogP contribution in [0.1, 0.15) is 6.92 Å². The summed E-state index contributed by atoms with van der Waals surface area (Å²) in [6.45, 7) is 8.09. The van der Waals surface area contributed by atoms with Gasteiger partial charge in [0.15, 0.2) is 5.75 Å². The van der Waals surface area contributed by atoms with Crippen molar-refractivity contribution in [2.75, 3.05) is 52.4 Å². The fourth-order valence-electron chi connectivity index (χ4n) is 2.52. The minimum Gasteiger partial charge on any atom is -0.489 e. The lowest BCUT2D eigenvalue weighted by Gasteiger charge is -2.34. The summed E-state index contributed by atoms with van der Waals surface area (Å²) < 4.78 is 5.71. The Morgan fingerprint density at radius 1 is 1.17 bits per heavy atom. The lowest BCUT2D eigenvalue weighted by molar-refractivity contribution is -0.122. The number of ether oxygens (including phenoxy) is 1. The van der Waals surface area contributed by atoms with Crippen LogP contribution in [0.4, 0.5) is 0 Å². The van der Waals surface area contributed by atoms with Gasteiger partial charge in [0.1, 0.15) is 6.61 Å². The summed E-state index contributed by atoms with van der Waals surface area (Å²) in [4.78, 5) is 16.1. The fraction of sp³-hybridized carbons (Fsp3) is 0.562. The molecule has 1 aromatic carbocycles. The van der Waals surface area contributed by atoms with Crippen LogP contribution in [0.5, 0.6) is 5.75 Å². The SMILES string of the molecule is CCNC(=O)CN1CCN(CCOc2c(Cl)cccc2Cl)CC1. The molecular formula is C16H23Cl2N3O2. The van der Waals surface area contributed by atoms with Gasteiger partial charge in [0.25, 0.3) is 0 Å². The Morgan fingerprint density at radius 3 is 2.39 bits per heavy atom. The van der Waals surface area contributed by atoms with E-state index in [1.165, 1.54) is 0 Å². The average Bonchev–Trinajstić information content (AvgIpc) is 2.52. The molecule has 0 atom stereocenters. The minimum absolute atomic E-state index is 0.0950. The van der Waals surface area contributed by atoms with Gasteiger partial charge in [-0.05, 0) is 19.1 Å². The van der Waals surface area contributed by atoms with Gasteiger partial charge in [0.05, 0.1) is 16.6 Å². The number of nitrogens with zero attached hydrogens (tertiary/aromatic N) is 2. The van der Waals surface area contributed by atoms with E-state index in [4.69, 9.17) is 27.9 Å². The molecule has 1 aliphatic heterocycles. The van der Waals surface area contributed by atoms with E-state index in [2.05, 4.69) is 15.1 Å². The largest absolute Gasteiger partial charge is 0.489 e. The lowest BCUT2D eigenvalue weighted by atomic mass is 10.3. The molecule has 0 aromatic heterocycles. The Balaban J connectivity index is 1.68. The number of carbonyl (C=O) groups excluding carboxylic acids is 1. The van der Waals surface area contributed by atoms with Gasteiger partial charge in [-0.1, -0.05) is 29.3 Å². The van der Waals surface area contributed by atoms with Gasteiger partial charge in [-0.3, -0.25) is 14.6 Å². The Morgan fingerprint density at radius 2 is 1.78 bits per heavy atom. The van der Waals surface area contributed by atoms with Gasteiger partial charge in [-0.15, -0.1) is 0 Å². The molecule has 23 heavy (non-hydrogen) atoms. The van der Waals surface area contributed by atoms with Crippen molar-refractivity contribution in [2.45, 2.75) is 6.92 Å². The minimum atomic E-state index is 0.0950. The molecular weight excluding hydrogens is 337 g/mol. The molecule has 128 valence electrons. The predicted octanol–water partition coefficient (Wildman–Crippen LogP) is 2.13. The van der Waals surface area contributed by atoms with E-state index >= 15 is 0 Å². The van der Waals surface area contributed by atoms with Crippen molar-refractivity contribution in [3.63, 3.8) is 0 Å². The van der Waals surface area contributed by atoms with Crippen LogP contribution in [0.2, 0.25) is 10.0 Å². The summed E-state index contributed by atoms with van der Waals surface area (Å²) in [5.74, 6) is 0.642. The van der Waals surface area contributed by atoms with Crippen LogP contribution in [-0.4, -0.2) is 68.1 Å². The number of para-hydroxylation sites is 1. The smallest absolute Gasteiger partial charge is 0.234 e. The molecule has 1 amide bonds. The van der Waals surface area contributed by atoms with Crippen molar-refractivity contribution in [2.24, 2.45) is 0 Å². The van der Waals surface area contributed by atoms with E-state index in [-0.39, 0.29) is 5.91 Å². The summed E-state index contributed by atoms with van der Waals surface area (Å²) in [5.41, 5.74) is 0. The Hall–Kier alpha value is -1.01. The molecule has 1 heterocycles. The summed E-state index contributed by atoms with van der Waals surface area (Å²) in [6, 6.07) is 5.33. The molecule has 0 bridgehead atoms. The highest BCUT2D eigenvalue weighted by Crippen LogP contribution is 2.32. The van der Waals surface area contributed by atoms with Crippen LogP contribution >= 0.6 is 23.2 Å². The molecule has 2 rings (SSSR count). The van der Waals surface area contributed by atoms with Crippen molar-refractivity contribution in [1.82, 2.24) is 15.1 Å². The molecule has 0 aliphatic carbocycles. The molecule has 0 saturated carbocycles. The van der Waals surface area contributed by atoms with E-state index < -0.39 is 0 Å². The van der Waals surface area contributed by atoms with E-state index in [1.54, 1.807) is 18.2 Å². The summed E-state index contributed by atoms with van der Waals surface area (Å²) >= 11 is 12.2. The zero-order valence-electron chi connectivity index (χ0n) is 13.4. The number of likely N-dealkylation sites (N-methyl/N-ethyl adjacent to an activating group) is 1. The monoisotopic (exact) mass is 359 g/mol. The van der Waals surface area contributed by atoms with Crippen LogP contribution in [0, 0.1) is 0 Å². The van der Waals surface area contributed by atoms with Crippen molar-refractivity contribution in [3.8, 4) is 5.75 Å². The van der Waals surface area contributed by atoms with Crippen LogP contribution < -0.4 is 10.1 Å². The second kappa shape index (κ2) is 9.33. The number of hydrogen-bond donors (Lipinski definition) is 1. The number of benzene rings is 1. The highest BCUT2D eigenvalue weighted by atomic mass is 35.5. The number of nitrogens with one attached hydrogen (secondary N) is 1. The quantitative estimate of drug-likeness (QED) is 0.809. The molecule has 0 spiro atoms. The Kier molecular flexibility index (Phi) is 7.43. The highest BCUT2D eigenvalue weighted by Gasteiger charge is 2.18. The maximum absolute atomic E-state index is 11.6. The van der Waals surface area contributed by atoms with Crippen LogP contribution in [0.25, 0.3) is 0 Å². The highest BCUT2D eigenvalue weighted by molar-refractivity contribution is 6.37. The zero-order chi connectivity index (χ0) is 16.7. The zero-order valence-corrected chi connectivity index (χ0v) is 14.9. The Labute approximate surface area is 147 Å². The van der Waals surface area contributed by atoms with Crippen molar-refractivity contribution in [1.29, 1.82) is 0 Å². The number of halogens is 2. The normalized spacial score (nSPS) is 16.3. The third-order valence-corrected chi connectivity index (χ3v) is 4.37. The van der Waals surface area contributed by atoms with E-state index in [0.717, 1.165) is 32.7 Å². The van der Waals surface area contributed by atoms with E-state index in [1.807, 2.05) is 6.92 Å². The topological polar surface area (TPSA) is 44.8 Å². The summed E-state index contributed by atoms with van der Waals surface area (Å²) in [6.07, 6.45) is 0. The van der Waals surface area contributed by atoms with Crippen LogP contribution in [-0.2, 0) is 4.79 Å². The third kappa shape index (κ3) is 5.84. The van der Waals surface area contributed by atoms with Gasteiger partial charge in [0.2, 0.25) is 5.91 Å². The lowest BCUT2D eigenvalue weighted by Crippen LogP contribution is -2.50. The number of hydrogen-bond acceptors (Lipinski definition) is 4. The Bertz CT molecular complexity index is 500. The molecule has 1 fully saturated rings. The summed E-state index contributed by atoms with van der Waals surface area (Å²) in [7, 11) is 0. The van der Waals surface area contributed by atoms with Gasteiger partial charge >= 0.3 is 0 Å². The van der Waals surface area contributed by atoms with Gasteiger partial charge in [-0.2, -0.15) is 0 Å². The number of carbonyl (C=O) groups is 1. The molecule has 0 radical (unpaired) electrons. The summed E-state index contributed by atoms with van der Waals surface area (Å²) in [5, 5.41) is 3.89. The molecule has 1 saturated heterocycles. The standard InChI is InChI=1S/C16H23Cl2N3O2/c1-2-19-15(22)12-21-8-6-20(7-9-21)10-11-23-16-13(17)4-3-5-14(16)18/h3-5H,2,6-12H2,1H3,(H,19,22). The number of rotatable bonds is 7. The molecule has 5 nitrogen and oxygen atoms in total. The first-order chi connectivity index (χ1) is 11.1. The van der Waals surface area contributed by atoms with Crippen molar-refractivity contribution < 1.29 is 9.53 Å². The van der Waals surface area contributed by atoms with E-state index in [9.17, 15) is 4.79 Å². The van der Waals surface area contributed by atoms with Crippen molar-refractivity contribution in [3.05, 3.63) is 28.2 Å². The first kappa shape index (κ1) is 18.3. The average molecular weight is 360 g/mol.